The van der Waals surface area contributed by atoms with Crippen molar-refractivity contribution in [1.29, 1.82) is 0 Å². The van der Waals surface area contributed by atoms with E-state index in [1.807, 2.05) is 40.0 Å². The van der Waals surface area contributed by atoms with E-state index in [-0.39, 0.29) is 17.1 Å². The number of rotatable bonds is 4. The highest BCUT2D eigenvalue weighted by Gasteiger charge is 2.44. The van der Waals surface area contributed by atoms with Gasteiger partial charge in [0.15, 0.2) is 5.69 Å². The van der Waals surface area contributed by atoms with Crippen LogP contribution in [0.3, 0.4) is 0 Å². The molecule has 1 fully saturated rings. The Kier molecular flexibility index (Phi) is 4.31. The molecule has 0 aliphatic carbocycles. The topological polar surface area (TPSA) is 56.3 Å². The monoisotopic (exact) mass is 332 g/mol. The molecule has 0 N–H and O–H groups in total. The van der Waals surface area contributed by atoms with Gasteiger partial charge in [0, 0.05) is 11.1 Å². The molecule has 0 saturated carbocycles. The first-order valence-corrected chi connectivity index (χ1v) is 8.29. The van der Waals surface area contributed by atoms with Crippen molar-refractivity contribution in [1.82, 2.24) is 19.6 Å². The average Bonchev–Trinajstić information content (AvgIpc) is 2.93. The van der Waals surface area contributed by atoms with E-state index in [1.165, 1.54) is 6.42 Å². The Morgan fingerprint density at radius 1 is 1.08 bits per heavy atom. The van der Waals surface area contributed by atoms with E-state index < -0.39 is 0 Å². The van der Waals surface area contributed by atoms with Crippen molar-refractivity contribution in [2.45, 2.75) is 58.0 Å². The zero-order chi connectivity index (χ0) is 17.4. The number of aryl methyl sites for hydroxylation is 1. The predicted octanol–water partition coefficient (Wildman–Crippen LogP) is 2.36. The minimum Gasteiger partial charge on any atom is -0.276 e. The molecule has 3 heterocycles. The molecule has 7 nitrogen and oxygen atoms in total. The molecule has 0 bridgehead atoms. The van der Waals surface area contributed by atoms with Crippen molar-refractivity contribution >= 4 is 0 Å². The van der Waals surface area contributed by atoms with E-state index in [0.717, 1.165) is 18.5 Å². The lowest BCUT2D eigenvalue weighted by Crippen LogP contribution is -2.58. The van der Waals surface area contributed by atoms with Gasteiger partial charge in [-0.15, -0.1) is 5.06 Å². The Balaban J connectivity index is 1.68. The van der Waals surface area contributed by atoms with Crippen LogP contribution in [-0.4, -0.2) is 30.7 Å². The van der Waals surface area contributed by atoms with Crippen molar-refractivity contribution in [3.05, 3.63) is 31.1 Å². The Bertz CT molecular complexity index is 677. The van der Waals surface area contributed by atoms with Crippen LogP contribution in [0.25, 0.3) is 5.69 Å². The van der Waals surface area contributed by atoms with Gasteiger partial charge in [-0.2, -0.15) is 14.5 Å². The predicted molar refractivity (Wildman–Crippen MR) is 88.1 cm³/mol. The number of hydroxylamine groups is 2. The number of aromatic nitrogens is 4. The second kappa shape index (κ2) is 6.14. The highest BCUT2D eigenvalue weighted by molar-refractivity contribution is 5.24. The number of hydrogen-bond acceptors (Lipinski definition) is 5. The van der Waals surface area contributed by atoms with Crippen LogP contribution < -0.4 is 9.45 Å². The molecular weight excluding hydrogens is 306 g/mol. The first-order chi connectivity index (χ1) is 11.3. The van der Waals surface area contributed by atoms with E-state index in [4.69, 9.17) is 9.88 Å². The van der Waals surface area contributed by atoms with E-state index in [0.29, 0.717) is 0 Å². The quantitative estimate of drug-likeness (QED) is 0.489. The average molecular weight is 332 g/mol. The molecule has 3 rings (SSSR count). The molecule has 24 heavy (non-hydrogen) atoms. The maximum absolute atomic E-state index is 5.65. The van der Waals surface area contributed by atoms with Crippen LogP contribution in [0.5, 0.6) is 6.01 Å². The van der Waals surface area contributed by atoms with Gasteiger partial charge in [-0.3, -0.25) is 4.89 Å². The summed E-state index contributed by atoms with van der Waals surface area (Å²) in [6, 6.07) is 0.201. The van der Waals surface area contributed by atoms with Crippen molar-refractivity contribution in [2.75, 3.05) is 0 Å². The summed E-state index contributed by atoms with van der Waals surface area (Å²) in [5, 5.41) is 1.92. The lowest BCUT2D eigenvalue weighted by atomic mass is 9.82. The van der Waals surface area contributed by atoms with E-state index >= 15 is 0 Å². The largest absolute Gasteiger partial charge is 0.355 e. The third-order valence-corrected chi connectivity index (χ3v) is 4.54. The normalized spacial score (nSPS) is 20.0. The van der Waals surface area contributed by atoms with Gasteiger partial charge < -0.3 is 0 Å². The molecule has 2 aromatic heterocycles. The van der Waals surface area contributed by atoms with Gasteiger partial charge in [0.05, 0.1) is 19.4 Å². The van der Waals surface area contributed by atoms with Crippen LogP contribution in [0, 0.1) is 0 Å². The number of imidazole rings is 1. The summed E-state index contributed by atoms with van der Waals surface area (Å²) in [7, 11) is 1.96. The zero-order valence-electron chi connectivity index (χ0n) is 15.1. The minimum atomic E-state index is -0.0957. The standard InChI is InChI=1S/C17H26N5O2/c1-16(2)7-6-8-17(3,4)22(16)24-23-15-18-11-14(12-19-15)21-10-9-20(5)13-21/h9-13H,6-8H2,1-5H3/q+1. The Morgan fingerprint density at radius 3 is 2.25 bits per heavy atom. The number of nitrogens with zero attached hydrogens (tertiary/aromatic N) is 5. The van der Waals surface area contributed by atoms with Crippen molar-refractivity contribution in [3.63, 3.8) is 0 Å². The summed E-state index contributed by atoms with van der Waals surface area (Å²) < 4.78 is 3.88. The molecule has 130 valence electrons. The first kappa shape index (κ1) is 16.9. The van der Waals surface area contributed by atoms with Crippen molar-refractivity contribution in [2.24, 2.45) is 7.05 Å². The van der Waals surface area contributed by atoms with Gasteiger partial charge in [-0.05, 0) is 47.0 Å². The second-order valence-corrected chi connectivity index (χ2v) is 7.64. The number of piperidine rings is 1. The maximum atomic E-state index is 5.65. The fraction of sp³-hybridized carbons (Fsp3) is 0.588. The second-order valence-electron chi connectivity index (χ2n) is 7.64. The smallest absolute Gasteiger partial charge is 0.276 e. The molecular formula is C17H26N5O2+. The van der Waals surface area contributed by atoms with Crippen LogP contribution in [-0.2, 0) is 12.0 Å². The summed E-state index contributed by atoms with van der Waals surface area (Å²) in [5.41, 5.74) is 0.671. The SMILES string of the molecule is C[n+]1ccn(-c2cnc(OON3C(C)(C)CCCC3(C)C)nc2)c1. The van der Waals surface area contributed by atoms with E-state index in [9.17, 15) is 0 Å². The highest BCUT2D eigenvalue weighted by Crippen LogP contribution is 2.38. The molecule has 0 aromatic carbocycles. The van der Waals surface area contributed by atoms with Gasteiger partial charge in [-0.1, -0.05) is 4.99 Å². The number of hydrogen-bond donors (Lipinski definition) is 0. The molecule has 0 unspecified atom stereocenters. The molecule has 0 atom stereocenters. The Labute approximate surface area is 142 Å². The molecule has 0 amide bonds. The molecule has 1 aliphatic heterocycles. The molecule has 2 aromatic rings. The van der Waals surface area contributed by atoms with Crippen molar-refractivity contribution < 1.29 is 14.4 Å². The highest BCUT2D eigenvalue weighted by atomic mass is 17.3. The zero-order valence-corrected chi connectivity index (χ0v) is 15.1. The lowest BCUT2D eigenvalue weighted by Gasteiger charge is -2.49. The van der Waals surface area contributed by atoms with Crippen LogP contribution in [0.1, 0.15) is 47.0 Å². The summed E-state index contributed by atoms with van der Waals surface area (Å²) >= 11 is 0. The molecule has 1 saturated heterocycles. The van der Waals surface area contributed by atoms with Gasteiger partial charge >= 0.3 is 6.01 Å². The fourth-order valence-corrected chi connectivity index (χ4v) is 3.34. The Hall–Kier alpha value is -1.99. The molecule has 1 aliphatic rings. The maximum Gasteiger partial charge on any atom is 0.355 e. The van der Waals surface area contributed by atoms with E-state index in [1.54, 1.807) is 12.4 Å². The van der Waals surface area contributed by atoms with E-state index in [2.05, 4.69) is 37.7 Å². The van der Waals surface area contributed by atoms with Gasteiger partial charge in [-0.25, -0.2) is 4.57 Å². The summed E-state index contributed by atoms with van der Waals surface area (Å²) in [4.78, 5) is 19.5. The molecule has 7 heteroatoms. The summed E-state index contributed by atoms with van der Waals surface area (Å²) in [6.07, 6.45) is 12.5. The van der Waals surface area contributed by atoms with Crippen LogP contribution in [0.2, 0.25) is 0 Å². The molecule has 0 spiro atoms. The Morgan fingerprint density at radius 2 is 1.71 bits per heavy atom. The van der Waals surface area contributed by atoms with Gasteiger partial charge in [0.2, 0.25) is 6.33 Å². The van der Waals surface area contributed by atoms with Gasteiger partial charge in [0.1, 0.15) is 12.4 Å². The van der Waals surface area contributed by atoms with Crippen LogP contribution in [0.15, 0.2) is 31.1 Å². The third kappa shape index (κ3) is 3.42. The van der Waals surface area contributed by atoms with Crippen LogP contribution >= 0.6 is 0 Å². The minimum absolute atomic E-state index is 0.0957. The first-order valence-electron chi connectivity index (χ1n) is 8.29. The van der Waals surface area contributed by atoms with Gasteiger partial charge in [0.25, 0.3) is 0 Å². The summed E-state index contributed by atoms with van der Waals surface area (Å²) in [5.74, 6) is 0. The molecule has 0 radical (unpaired) electrons. The van der Waals surface area contributed by atoms with Crippen LogP contribution in [0.4, 0.5) is 0 Å². The van der Waals surface area contributed by atoms with Crippen molar-refractivity contribution in [3.8, 4) is 11.7 Å². The lowest BCUT2D eigenvalue weighted by molar-refractivity contribution is -0.670. The third-order valence-electron chi connectivity index (χ3n) is 4.54. The summed E-state index contributed by atoms with van der Waals surface area (Å²) in [6.45, 7) is 8.64. The fourth-order valence-electron chi connectivity index (χ4n) is 3.34.